The number of carbonyl (C=O) groups excluding carboxylic acids is 1. The van der Waals surface area contributed by atoms with Crippen molar-refractivity contribution in [3.63, 3.8) is 0 Å². The van der Waals surface area contributed by atoms with Crippen molar-refractivity contribution >= 4 is 11.6 Å². The first-order chi connectivity index (χ1) is 10.7. The number of hydrogen-bond acceptors (Lipinski definition) is 6. The highest BCUT2D eigenvalue weighted by Gasteiger charge is 2.16. The molecule has 3 aromatic rings. The van der Waals surface area contributed by atoms with Crippen LogP contribution in [0, 0.1) is 0 Å². The molecule has 0 aromatic carbocycles. The zero-order valence-corrected chi connectivity index (χ0v) is 12.0. The Morgan fingerprint density at radius 1 is 1.36 bits per heavy atom. The van der Waals surface area contributed by atoms with Gasteiger partial charge in [0.1, 0.15) is 18.2 Å². The maximum Gasteiger partial charge on any atom is 0.262 e. The molecule has 1 amide bonds. The molecular formula is C13H13N7O2. The van der Waals surface area contributed by atoms with E-state index in [0.717, 1.165) is 0 Å². The predicted octanol–water partition coefficient (Wildman–Crippen LogP) is 0.657. The number of amides is 1. The minimum Gasteiger partial charge on any atom is -0.479 e. The molecule has 0 spiro atoms. The molecule has 9 heteroatoms. The third kappa shape index (κ3) is 2.64. The van der Waals surface area contributed by atoms with Crippen molar-refractivity contribution in [1.82, 2.24) is 29.5 Å². The number of carbonyl (C=O) groups is 1. The first-order valence-electron chi connectivity index (χ1n) is 6.37. The smallest absolute Gasteiger partial charge is 0.262 e. The van der Waals surface area contributed by atoms with Crippen LogP contribution in [0.4, 0.5) is 5.69 Å². The molecule has 3 heterocycles. The van der Waals surface area contributed by atoms with E-state index < -0.39 is 0 Å². The number of aryl methyl sites for hydroxylation is 1. The van der Waals surface area contributed by atoms with Crippen LogP contribution in [0.15, 0.2) is 37.2 Å². The Labute approximate surface area is 125 Å². The van der Waals surface area contributed by atoms with E-state index in [1.807, 2.05) is 0 Å². The predicted molar refractivity (Wildman–Crippen MR) is 76.9 cm³/mol. The Bertz CT molecular complexity index is 777. The summed E-state index contributed by atoms with van der Waals surface area (Å²) >= 11 is 0. The molecule has 0 unspecified atom stereocenters. The molecule has 9 nitrogen and oxygen atoms in total. The Balaban J connectivity index is 1.76. The Hall–Kier alpha value is -3.23. The summed E-state index contributed by atoms with van der Waals surface area (Å²) < 4.78 is 8.10. The highest BCUT2D eigenvalue weighted by molar-refractivity contribution is 6.05. The summed E-state index contributed by atoms with van der Waals surface area (Å²) in [5.41, 5.74) is 0.908. The molecule has 3 rings (SSSR count). The number of anilines is 1. The number of nitrogens with zero attached hydrogens (tertiary/aromatic N) is 6. The van der Waals surface area contributed by atoms with Crippen molar-refractivity contribution in [1.29, 1.82) is 0 Å². The van der Waals surface area contributed by atoms with Gasteiger partial charge in [0.2, 0.25) is 5.88 Å². The summed E-state index contributed by atoms with van der Waals surface area (Å²) in [7, 11) is 3.18. The Morgan fingerprint density at radius 2 is 2.23 bits per heavy atom. The van der Waals surface area contributed by atoms with Gasteiger partial charge >= 0.3 is 0 Å². The van der Waals surface area contributed by atoms with Crippen molar-refractivity contribution < 1.29 is 9.53 Å². The third-order valence-electron chi connectivity index (χ3n) is 2.89. The molecule has 0 atom stereocenters. The minimum atomic E-state index is -0.319. The molecule has 0 saturated carbocycles. The number of nitrogens with one attached hydrogen (secondary N) is 1. The lowest BCUT2D eigenvalue weighted by Gasteiger charge is -2.05. The normalized spacial score (nSPS) is 10.5. The Morgan fingerprint density at radius 3 is 2.86 bits per heavy atom. The second-order valence-corrected chi connectivity index (χ2v) is 4.42. The molecule has 22 heavy (non-hydrogen) atoms. The number of hydrogen-bond donors (Lipinski definition) is 1. The van der Waals surface area contributed by atoms with Gasteiger partial charge in [-0.1, -0.05) is 0 Å². The number of rotatable bonds is 4. The van der Waals surface area contributed by atoms with Gasteiger partial charge in [-0.05, 0) is 12.1 Å². The van der Waals surface area contributed by atoms with Gasteiger partial charge in [-0.3, -0.25) is 9.48 Å². The largest absolute Gasteiger partial charge is 0.479 e. The van der Waals surface area contributed by atoms with Crippen LogP contribution >= 0.6 is 0 Å². The fraction of sp³-hybridized carbons (Fsp3) is 0.154. The van der Waals surface area contributed by atoms with Gasteiger partial charge in [-0.2, -0.15) is 5.10 Å². The molecule has 3 aromatic heterocycles. The van der Waals surface area contributed by atoms with Gasteiger partial charge in [0.25, 0.3) is 5.91 Å². The van der Waals surface area contributed by atoms with Gasteiger partial charge in [0, 0.05) is 13.2 Å². The molecule has 0 aliphatic rings. The summed E-state index contributed by atoms with van der Waals surface area (Å²) in [6.45, 7) is 0. The standard InChI is InChI=1S/C13H13N7O2/c1-19-6-10(13(18-19)22-2)12(21)17-9-3-4-11(15-5-9)20-8-14-7-16-20/h3-8H,1-2H3,(H,17,21). The zero-order chi connectivity index (χ0) is 15.5. The topological polar surface area (TPSA) is 99.8 Å². The lowest BCUT2D eigenvalue weighted by molar-refractivity contribution is 0.102. The van der Waals surface area contributed by atoms with E-state index in [0.29, 0.717) is 17.1 Å². The van der Waals surface area contributed by atoms with E-state index in [9.17, 15) is 4.79 Å². The molecule has 0 aliphatic carbocycles. The number of aromatic nitrogens is 6. The van der Waals surface area contributed by atoms with E-state index in [4.69, 9.17) is 4.74 Å². The fourth-order valence-electron chi connectivity index (χ4n) is 1.90. The van der Waals surface area contributed by atoms with Crippen LogP contribution < -0.4 is 10.1 Å². The summed E-state index contributed by atoms with van der Waals surface area (Å²) in [6, 6.07) is 3.45. The lowest BCUT2D eigenvalue weighted by atomic mass is 10.3. The molecule has 112 valence electrons. The van der Waals surface area contributed by atoms with E-state index in [1.165, 1.54) is 29.0 Å². The second-order valence-electron chi connectivity index (χ2n) is 4.42. The van der Waals surface area contributed by atoms with Crippen LogP contribution in [0.3, 0.4) is 0 Å². The van der Waals surface area contributed by atoms with Gasteiger partial charge in [-0.15, -0.1) is 5.10 Å². The average Bonchev–Trinajstić information content (AvgIpc) is 3.17. The van der Waals surface area contributed by atoms with Gasteiger partial charge < -0.3 is 10.1 Å². The summed E-state index contributed by atoms with van der Waals surface area (Å²) in [4.78, 5) is 20.3. The molecule has 0 aliphatic heterocycles. The van der Waals surface area contributed by atoms with Gasteiger partial charge in [-0.25, -0.2) is 14.6 Å². The van der Waals surface area contributed by atoms with Gasteiger partial charge in [0.15, 0.2) is 5.82 Å². The van der Waals surface area contributed by atoms with Crippen molar-refractivity contribution in [2.75, 3.05) is 12.4 Å². The van der Waals surface area contributed by atoms with Crippen molar-refractivity contribution in [3.05, 3.63) is 42.7 Å². The number of methoxy groups -OCH3 is 1. The van der Waals surface area contributed by atoms with Crippen LogP contribution in [0.1, 0.15) is 10.4 Å². The summed E-state index contributed by atoms with van der Waals surface area (Å²) in [5.74, 6) is 0.557. The minimum absolute atomic E-state index is 0.271. The summed E-state index contributed by atoms with van der Waals surface area (Å²) in [5, 5.41) is 10.8. The van der Waals surface area contributed by atoms with E-state index >= 15 is 0 Å². The van der Waals surface area contributed by atoms with Crippen LogP contribution in [-0.2, 0) is 7.05 Å². The Kier molecular flexibility index (Phi) is 3.52. The molecule has 0 bridgehead atoms. The van der Waals surface area contributed by atoms with Crippen molar-refractivity contribution in [2.24, 2.45) is 7.05 Å². The SMILES string of the molecule is COc1nn(C)cc1C(=O)Nc1ccc(-n2cncn2)nc1. The quantitative estimate of drug-likeness (QED) is 0.759. The summed E-state index contributed by atoms with van der Waals surface area (Å²) in [6.07, 6.45) is 6.09. The number of pyridine rings is 1. The maximum absolute atomic E-state index is 12.2. The molecule has 0 radical (unpaired) electrons. The first-order valence-corrected chi connectivity index (χ1v) is 6.37. The molecule has 1 N–H and O–H groups in total. The maximum atomic E-state index is 12.2. The average molecular weight is 299 g/mol. The third-order valence-corrected chi connectivity index (χ3v) is 2.89. The van der Waals surface area contributed by atoms with Crippen molar-refractivity contribution in [3.8, 4) is 11.7 Å². The molecule has 0 fully saturated rings. The van der Waals surface area contributed by atoms with Crippen LogP contribution in [0.2, 0.25) is 0 Å². The van der Waals surface area contributed by atoms with E-state index in [1.54, 1.807) is 31.7 Å². The van der Waals surface area contributed by atoms with E-state index in [2.05, 4.69) is 25.5 Å². The highest BCUT2D eigenvalue weighted by atomic mass is 16.5. The zero-order valence-electron chi connectivity index (χ0n) is 12.0. The highest BCUT2D eigenvalue weighted by Crippen LogP contribution is 2.17. The van der Waals surface area contributed by atoms with Crippen LogP contribution in [0.25, 0.3) is 5.82 Å². The van der Waals surface area contributed by atoms with Crippen molar-refractivity contribution in [2.45, 2.75) is 0 Å². The number of ether oxygens (including phenoxy) is 1. The van der Waals surface area contributed by atoms with Crippen LogP contribution in [0.5, 0.6) is 5.88 Å². The second kappa shape index (κ2) is 5.64. The molecule has 0 saturated heterocycles. The first kappa shape index (κ1) is 13.7. The van der Waals surface area contributed by atoms with E-state index in [-0.39, 0.29) is 11.8 Å². The molecular weight excluding hydrogens is 286 g/mol. The monoisotopic (exact) mass is 299 g/mol. The van der Waals surface area contributed by atoms with Crippen LogP contribution in [-0.4, -0.2) is 42.5 Å². The fourth-order valence-corrected chi connectivity index (χ4v) is 1.90. The lowest BCUT2D eigenvalue weighted by Crippen LogP contribution is -2.12. The van der Waals surface area contributed by atoms with Gasteiger partial charge in [0.05, 0.1) is 19.0 Å².